The first-order valence-electron chi connectivity index (χ1n) is 9.53. The quantitative estimate of drug-likeness (QED) is 0.694. The van der Waals surface area contributed by atoms with Crippen LogP contribution in [-0.4, -0.2) is 11.2 Å². The molecule has 3 rings (SSSR count). The average molecular weight is 369 g/mol. The van der Waals surface area contributed by atoms with E-state index in [1.165, 1.54) is 48.8 Å². The molecule has 2 N–H and O–H groups in total. The zero-order valence-corrected chi connectivity index (χ0v) is 16.1. The molecule has 0 atom stereocenters. The highest BCUT2D eigenvalue weighted by Gasteiger charge is 2.13. The van der Waals surface area contributed by atoms with Crippen LogP contribution in [0.3, 0.4) is 0 Å². The molecular weight excluding hydrogens is 340 g/mol. The predicted molar refractivity (Wildman–Crippen MR) is 111 cm³/mol. The Hall–Kier alpha value is -1.91. The molecule has 0 saturated heterocycles. The van der Waals surface area contributed by atoms with Crippen LogP contribution < -0.4 is 10.6 Å². The second kappa shape index (κ2) is 10.3. The molecule has 4 heteroatoms. The van der Waals surface area contributed by atoms with E-state index >= 15 is 0 Å². The van der Waals surface area contributed by atoms with E-state index in [0.29, 0.717) is 19.3 Å². The maximum Gasteiger partial charge on any atom is 0.166 e. The Morgan fingerprint density at radius 3 is 2.38 bits per heavy atom. The Bertz CT molecular complexity index is 684. The van der Waals surface area contributed by atoms with E-state index in [1.807, 2.05) is 18.2 Å². The van der Waals surface area contributed by atoms with Crippen LogP contribution in [0.2, 0.25) is 0 Å². The van der Waals surface area contributed by atoms with Crippen molar-refractivity contribution in [1.82, 2.24) is 10.6 Å². The lowest BCUT2D eigenvalue weighted by atomic mass is 9.96. The van der Waals surface area contributed by atoms with Gasteiger partial charge in [0.1, 0.15) is 0 Å². The number of rotatable bonds is 7. The fourth-order valence-electron chi connectivity index (χ4n) is 3.36. The number of thiocarbonyl (C=S) groups is 1. The van der Waals surface area contributed by atoms with E-state index < -0.39 is 0 Å². The molecule has 1 saturated carbocycles. The Morgan fingerprint density at radius 1 is 0.885 bits per heavy atom. The fourth-order valence-corrected chi connectivity index (χ4v) is 3.59. The van der Waals surface area contributed by atoms with Crippen molar-refractivity contribution >= 4 is 17.3 Å². The number of benzene rings is 2. The summed E-state index contributed by atoms with van der Waals surface area (Å²) < 4.78 is 5.83. The van der Waals surface area contributed by atoms with E-state index in [2.05, 4.69) is 47.0 Å². The Balaban J connectivity index is 1.41. The molecule has 1 aliphatic rings. The summed E-state index contributed by atoms with van der Waals surface area (Å²) in [5.41, 5.74) is 3.61. The number of ether oxygens (including phenoxy) is 1. The minimum atomic E-state index is 0.543. The Labute approximate surface area is 162 Å². The molecule has 2 aromatic rings. The van der Waals surface area contributed by atoms with Gasteiger partial charge in [-0.2, -0.15) is 0 Å². The lowest BCUT2D eigenvalue weighted by molar-refractivity contribution is 0.107. The van der Waals surface area contributed by atoms with E-state index in [9.17, 15) is 0 Å². The average Bonchev–Trinajstić information content (AvgIpc) is 2.68. The first-order chi connectivity index (χ1) is 12.8. The van der Waals surface area contributed by atoms with Crippen LogP contribution in [0.4, 0.5) is 0 Å². The van der Waals surface area contributed by atoms with E-state index in [4.69, 9.17) is 17.0 Å². The van der Waals surface area contributed by atoms with Crippen LogP contribution in [0.5, 0.6) is 0 Å². The SMILES string of the molecule is S=C(NCc1cccc(COCc2ccccc2)c1)NC1CCCCC1. The van der Waals surface area contributed by atoms with Crippen molar-refractivity contribution in [1.29, 1.82) is 0 Å². The first kappa shape index (κ1) is 18.9. The summed E-state index contributed by atoms with van der Waals surface area (Å²) in [6.07, 6.45) is 6.44. The molecule has 0 aliphatic heterocycles. The monoisotopic (exact) mass is 368 g/mol. The standard InChI is InChI=1S/C22H28N2OS/c26-22(24-21-12-5-2-6-13-21)23-15-19-10-7-11-20(14-19)17-25-16-18-8-3-1-4-9-18/h1,3-4,7-11,14,21H,2,5-6,12-13,15-17H2,(H2,23,24,26). The summed E-state index contributed by atoms with van der Waals surface area (Å²) in [7, 11) is 0. The smallest absolute Gasteiger partial charge is 0.166 e. The zero-order valence-electron chi connectivity index (χ0n) is 15.2. The Morgan fingerprint density at radius 2 is 1.58 bits per heavy atom. The van der Waals surface area contributed by atoms with Crippen molar-refractivity contribution in [3.63, 3.8) is 0 Å². The lowest BCUT2D eigenvalue weighted by Gasteiger charge is -2.24. The maximum absolute atomic E-state index is 5.83. The van der Waals surface area contributed by atoms with Gasteiger partial charge < -0.3 is 15.4 Å². The molecule has 0 aromatic heterocycles. The van der Waals surface area contributed by atoms with Gasteiger partial charge in [0.2, 0.25) is 0 Å². The third-order valence-corrected chi connectivity index (χ3v) is 5.03. The van der Waals surface area contributed by atoms with E-state index in [0.717, 1.165) is 11.7 Å². The normalized spacial score (nSPS) is 14.8. The molecule has 0 spiro atoms. The van der Waals surface area contributed by atoms with Crippen LogP contribution in [0.25, 0.3) is 0 Å². The summed E-state index contributed by atoms with van der Waals surface area (Å²) in [5.74, 6) is 0. The zero-order chi connectivity index (χ0) is 18.0. The minimum Gasteiger partial charge on any atom is -0.372 e. The highest BCUT2D eigenvalue weighted by Crippen LogP contribution is 2.17. The highest BCUT2D eigenvalue weighted by atomic mass is 32.1. The summed E-state index contributed by atoms with van der Waals surface area (Å²) in [6.45, 7) is 2.00. The molecule has 0 bridgehead atoms. The molecule has 2 aromatic carbocycles. The molecular formula is C22H28N2OS. The molecule has 0 radical (unpaired) electrons. The predicted octanol–water partition coefficient (Wildman–Crippen LogP) is 4.70. The van der Waals surface area contributed by atoms with Crippen molar-refractivity contribution in [3.05, 3.63) is 71.3 Å². The molecule has 26 heavy (non-hydrogen) atoms. The molecule has 0 unspecified atom stereocenters. The van der Waals surface area contributed by atoms with E-state index in [1.54, 1.807) is 0 Å². The lowest BCUT2D eigenvalue weighted by Crippen LogP contribution is -2.42. The molecule has 1 fully saturated rings. The van der Waals surface area contributed by atoms with Gasteiger partial charge in [0, 0.05) is 12.6 Å². The molecule has 0 heterocycles. The van der Waals surface area contributed by atoms with Gasteiger partial charge in [-0.05, 0) is 41.7 Å². The fraction of sp³-hybridized carbons (Fsp3) is 0.409. The second-order valence-electron chi connectivity index (χ2n) is 6.96. The highest BCUT2D eigenvalue weighted by molar-refractivity contribution is 7.80. The molecule has 0 amide bonds. The molecule has 3 nitrogen and oxygen atoms in total. The van der Waals surface area contributed by atoms with Gasteiger partial charge in [-0.15, -0.1) is 0 Å². The van der Waals surface area contributed by atoms with Gasteiger partial charge in [-0.1, -0.05) is 73.9 Å². The van der Waals surface area contributed by atoms with Crippen LogP contribution in [0, 0.1) is 0 Å². The number of hydrogen-bond donors (Lipinski definition) is 2. The summed E-state index contributed by atoms with van der Waals surface area (Å²) in [5, 5.41) is 7.55. The summed E-state index contributed by atoms with van der Waals surface area (Å²) in [6, 6.07) is 19.3. The van der Waals surface area contributed by atoms with Crippen LogP contribution in [0.1, 0.15) is 48.8 Å². The van der Waals surface area contributed by atoms with Crippen molar-refractivity contribution in [3.8, 4) is 0 Å². The van der Waals surface area contributed by atoms with Gasteiger partial charge in [0.05, 0.1) is 13.2 Å². The van der Waals surface area contributed by atoms with Crippen molar-refractivity contribution in [2.75, 3.05) is 0 Å². The van der Waals surface area contributed by atoms with Gasteiger partial charge in [0.15, 0.2) is 5.11 Å². The van der Waals surface area contributed by atoms with Crippen LogP contribution >= 0.6 is 12.2 Å². The van der Waals surface area contributed by atoms with E-state index in [-0.39, 0.29) is 0 Å². The van der Waals surface area contributed by atoms with Crippen LogP contribution in [-0.2, 0) is 24.5 Å². The number of hydrogen-bond acceptors (Lipinski definition) is 2. The van der Waals surface area contributed by atoms with Crippen LogP contribution in [0.15, 0.2) is 54.6 Å². The maximum atomic E-state index is 5.83. The second-order valence-corrected chi connectivity index (χ2v) is 7.37. The third kappa shape index (κ3) is 6.43. The van der Waals surface area contributed by atoms with Crippen molar-refractivity contribution in [2.45, 2.75) is 57.9 Å². The van der Waals surface area contributed by atoms with Gasteiger partial charge in [-0.25, -0.2) is 0 Å². The topological polar surface area (TPSA) is 33.3 Å². The summed E-state index contributed by atoms with van der Waals surface area (Å²) >= 11 is 5.44. The van der Waals surface area contributed by atoms with Gasteiger partial charge in [-0.3, -0.25) is 0 Å². The third-order valence-electron chi connectivity index (χ3n) is 4.77. The largest absolute Gasteiger partial charge is 0.372 e. The Kier molecular flexibility index (Phi) is 7.47. The van der Waals surface area contributed by atoms with Crippen molar-refractivity contribution in [2.24, 2.45) is 0 Å². The number of nitrogens with one attached hydrogen (secondary N) is 2. The first-order valence-corrected chi connectivity index (χ1v) is 9.94. The molecule has 1 aliphatic carbocycles. The van der Waals surface area contributed by atoms with Gasteiger partial charge in [0.25, 0.3) is 0 Å². The summed E-state index contributed by atoms with van der Waals surface area (Å²) in [4.78, 5) is 0. The van der Waals surface area contributed by atoms with Gasteiger partial charge >= 0.3 is 0 Å². The minimum absolute atomic E-state index is 0.543. The van der Waals surface area contributed by atoms with Crippen molar-refractivity contribution < 1.29 is 4.74 Å². The molecule has 138 valence electrons.